The summed E-state index contributed by atoms with van der Waals surface area (Å²) in [5, 5.41) is 0. The van der Waals surface area contributed by atoms with Crippen LogP contribution in [0, 0.1) is 0 Å². The monoisotopic (exact) mass is 298 g/mol. The van der Waals surface area contributed by atoms with E-state index in [-0.39, 0.29) is 0 Å². The molecule has 0 heterocycles. The number of hydrogen-bond acceptors (Lipinski definition) is 3. The topological polar surface area (TPSA) is 27.7 Å². The van der Waals surface area contributed by atoms with Gasteiger partial charge in [0.2, 0.25) is 5.75 Å². The van der Waals surface area contributed by atoms with Gasteiger partial charge in [-0.05, 0) is 35.3 Å². The molecule has 22 heavy (non-hydrogen) atoms. The van der Waals surface area contributed by atoms with Crippen molar-refractivity contribution in [1.29, 1.82) is 0 Å². The summed E-state index contributed by atoms with van der Waals surface area (Å²) in [5.41, 5.74) is 3.50. The number of methoxy groups -OCH3 is 3. The van der Waals surface area contributed by atoms with Gasteiger partial charge in [0.15, 0.2) is 11.5 Å². The highest BCUT2D eigenvalue weighted by molar-refractivity contribution is 5.82. The molecule has 0 radical (unpaired) electrons. The molecule has 116 valence electrons. The maximum atomic E-state index is 5.41. The van der Waals surface area contributed by atoms with Gasteiger partial charge < -0.3 is 14.2 Å². The highest BCUT2D eigenvalue weighted by Gasteiger charge is 2.12. The maximum absolute atomic E-state index is 5.41. The van der Waals surface area contributed by atoms with Crippen LogP contribution in [0.1, 0.15) is 24.5 Å². The van der Waals surface area contributed by atoms with Crippen molar-refractivity contribution in [3.63, 3.8) is 0 Å². The van der Waals surface area contributed by atoms with Crippen LogP contribution in [0.2, 0.25) is 0 Å². The van der Waals surface area contributed by atoms with Gasteiger partial charge in [0.25, 0.3) is 0 Å². The van der Waals surface area contributed by atoms with Crippen molar-refractivity contribution >= 4 is 11.6 Å². The predicted octanol–water partition coefficient (Wildman–Crippen LogP) is 4.66. The first-order valence-electron chi connectivity index (χ1n) is 7.29. The molecule has 0 aliphatic rings. The van der Waals surface area contributed by atoms with Gasteiger partial charge in [0, 0.05) is 0 Å². The lowest BCUT2D eigenvalue weighted by atomic mass is 10.0. The Kier molecular flexibility index (Phi) is 5.48. The van der Waals surface area contributed by atoms with E-state index < -0.39 is 0 Å². The molecule has 0 aromatic heterocycles. The molecule has 0 fully saturated rings. The average molecular weight is 298 g/mol. The molecule has 2 aromatic carbocycles. The average Bonchev–Trinajstić information content (AvgIpc) is 2.59. The van der Waals surface area contributed by atoms with E-state index in [0.29, 0.717) is 17.2 Å². The third-order valence-corrected chi connectivity index (χ3v) is 3.55. The Morgan fingerprint density at radius 2 is 1.50 bits per heavy atom. The Balaban J connectivity index is 2.49. The van der Waals surface area contributed by atoms with Crippen LogP contribution in [0.5, 0.6) is 17.2 Å². The summed E-state index contributed by atoms with van der Waals surface area (Å²) in [7, 11) is 4.86. The molecule has 0 aliphatic heterocycles. The van der Waals surface area contributed by atoms with E-state index >= 15 is 0 Å². The van der Waals surface area contributed by atoms with Gasteiger partial charge in [0.05, 0.1) is 21.3 Å². The Morgan fingerprint density at radius 3 is 1.95 bits per heavy atom. The molecular formula is C19H22O3. The zero-order chi connectivity index (χ0) is 15.9. The molecule has 0 atom stereocenters. The van der Waals surface area contributed by atoms with Crippen LogP contribution in [0.25, 0.3) is 11.6 Å². The SMILES string of the molecule is CCC(=Cc1cc(OC)c(OC)c(OC)c1)c1ccccc1. The smallest absolute Gasteiger partial charge is 0.203 e. The second kappa shape index (κ2) is 7.55. The molecular weight excluding hydrogens is 276 g/mol. The zero-order valence-corrected chi connectivity index (χ0v) is 13.6. The van der Waals surface area contributed by atoms with Crippen LogP contribution < -0.4 is 14.2 Å². The van der Waals surface area contributed by atoms with Crippen molar-refractivity contribution < 1.29 is 14.2 Å². The molecule has 2 aromatic rings. The first kappa shape index (κ1) is 16.0. The van der Waals surface area contributed by atoms with Crippen molar-refractivity contribution in [2.75, 3.05) is 21.3 Å². The van der Waals surface area contributed by atoms with Crippen LogP contribution in [0.15, 0.2) is 42.5 Å². The lowest BCUT2D eigenvalue weighted by Gasteiger charge is -2.13. The molecule has 3 heteroatoms. The molecule has 0 bridgehead atoms. The fourth-order valence-corrected chi connectivity index (χ4v) is 2.43. The summed E-state index contributed by atoms with van der Waals surface area (Å²) in [4.78, 5) is 0. The summed E-state index contributed by atoms with van der Waals surface area (Å²) in [5.74, 6) is 1.94. The molecule has 0 aliphatic carbocycles. The van der Waals surface area contributed by atoms with Gasteiger partial charge in [-0.25, -0.2) is 0 Å². The highest BCUT2D eigenvalue weighted by atomic mass is 16.5. The first-order chi connectivity index (χ1) is 10.7. The van der Waals surface area contributed by atoms with E-state index in [2.05, 4.69) is 25.1 Å². The molecule has 0 saturated heterocycles. The maximum Gasteiger partial charge on any atom is 0.203 e. The molecule has 3 nitrogen and oxygen atoms in total. The van der Waals surface area contributed by atoms with Gasteiger partial charge in [-0.2, -0.15) is 0 Å². The minimum absolute atomic E-state index is 0.611. The Hall–Kier alpha value is -2.42. The standard InChI is InChI=1S/C19H22O3/c1-5-15(16-9-7-6-8-10-16)11-14-12-17(20-2)19(22-4)18(13-14)21-3/h6-13H,5H2,1-4H3. The van der Waals surface area contributed by atoms with Gasteiger partial charge in [0.1, 0.15) is 0 Å². The molecule has 0 amide bonds. The number of ether oxygens (including phenoxy) is 3. The summed E-state index contributed by atoms with van der Waals surface area (Å²) >= 11 is 0. The third-order valence-electron chi connectivity index (χ3n) is 3.55. The summed E-state index contributed by atoms with van der Waals surface area (Å²) in [6.45, 7) is 2.15. The van der Waals surface area contributed by atoms with E-state index in [1.165, 1.54) is 11.1 Å². The van der Waals surface area contributed by atoms with Crippen molar-refractivity contribution in [2.45, 2.75) is 13.3 Å². The lowest BCUT2D eigenvalue weighted by Crippen LogP contribution is -1.95. The second-order valence-corrected chi connectivity index (χ2v) is 4.85. The van der Waals surface area contributed by atoms with Crippen molar-refractivity contribution in [3.05, 3.63) is 53.6 Å². The largest absolute Gasteiger partial charge is 0.493 e. The fraction of sp³-hybridized carbons (Fsp3) is 0.263. The summed E-state index contributed by atoms with van der Waals surface area (Å²) in [6.07, 6.45) is 3.10. The number of allylic oxidation sites excluding steroid dienone is 1. The molecule has 0 unspecified atom stereocenters. The van der Waals surface area contributed by atoms with Gasteiger partial charge in [-0.1, -0.05) is 43.3 Å². The second-order valence-electron chi connectivity index (χ2n) is 4.85. The minimum atomic E-state index is 0.611. The normalized spacial score (nSPS) is 11.2. The van der Waals surface area contributed by atoms with Crippen molar-refractivity contribution in [2.24, 2.45) is 0 Å². The molecule has 2 rings (SSSR count). The van der Waals surface area contributed by atoms with E-state index in [0.717, 1.165) is 12.0 Å². The van der Waals surface area contributed by atoms with Crippen LogP contribution in [-0.2, 0) is 0 Å². The van der Waals surface area contributed by atoms with E-state index in [9.17, 15) is 0 Å². The Morgan fingerprint density at radius 1 is 0.909 bits per heavy atom. The quantitative estimate of drug-likeness (QED) is 0.726. The zero-order valence-electron chi connectivity index (χ0n) is 13.6. The van der Waals surface area contributed by atoms with Crippen molar-refractivity contribution in [1.82, 2.24) is 0 Å². The lowest BCUT2D eigenvalue weighted by molar-refractivity contribution is 0.324. The molecule has 0 spiro atoms. The predicted molar refractivity (Wildman–Crippen MR) is 90.7 cm³/mol. The van der Waals surface area contributed by atoms with E-state index in [1.54, 1.807) is 21.3 Å². The first-order valence-corrected chi connectivity index (χ1v) is 7.29. The number of benzene rings is 2. The Labute approximate surface area is 132 Å². The third kappa shape index (κ3) is 3.42. The van der Waals surface area contributed by atoms with E-state index in [4.69, 9.17) is 14.2 Å². The summed E-state index contributed by atoms with van der Waals surface area (Å²) in [6, 6.07) is 14.3. The van der Waals surface area contributed by atoms with Gasteiger partial charge in [-0.3, -0.25) is 0 Å². The van der Waals surface area contributed by atoms with Gasteiger partial charge >= 0.3 is 0 Å². The van der Waals surface area contributed by atoms with Crippen molar-refractivity contribution in [3.8, 4) is 17.2 Å². The Bertz CT molecular complexity index is 620. The summed E-state index contributed by atoms with van der Waals surface area (Å²) < 4.78 is 16.2. The number of hydrogen-bond donors (Lipinski definition) is 0. The highest BCUT2D eigenvalue weighted by Crippen LogP contribution is 2.39. The molecule has 0 saturated carbocycles. The van der Waals surface area contributed by atoms with Crippen LogP contribution in [-0.4, -0.2) is 21.3 Å². The number of rotatable bonds is 6. The van der Waals surface area contributed by atoms with Crippen LogP contribution in [0.4, 0.5) is 0 Å². The van der Waals surface area contributed by atoms with E-state index in [1.807, 2.05) is 30.3 Å². The molecule has 0 N–H and O–H groups in total. The minimum Gasteiger partial charge on any atom is -0.493 e. The van der Waals surface area contributed by atoms with Crippen LogP contribution in [0.3, 0.4) is 0 Å². The van der Waals surface area contributed by atoms with Gasteiger partial charge in [-0.15, -0.1) is 0 Å². The van der Waals surface area contributed by atoms with Crippen LogP contribution >= 0.6 is 0 Å². The fourth-order valence-electron chi connectivity index (χ4n) is 2.43.